The van der Waals surface area contributed by atoms with E-state index in [-0.39, 0.29) is 34.9 Å². The van der Waals surface area contributed by atoms with Crippen molar-refractivity contribution in [2.45, 2.75) is 83.0 Å². The van der Waals surface area contributed by atoms with Gasteiger partial charge in [0, 0.05) is 47.6 Å². The highest BCUT2D eigenvalue weighted by Crippen LogP contribution is 2.43. The van der Waals surface area contributed by atoms with Gasteiger partial charge in [-0.15, -0.1) is 0 Å². The van der Waals surface area contributed by atoms with Gasteiger partial charge in [0.25, 0.3) is 0 Å². The minimum Gasteiger partial charge on any atom is -0.508 e. The lowest BCUT2D eigenvalue weighted by Gasteiger charge is -2.27. The van der Waals surface area contributed by atoms with Gasteiger partial charge in [0.1, 0.15) is 11.5 Å². The molecule has 0 unspecified atom stereocenters. The minimum absolute atomic E-state index is 0.0621. The number of hydrogen-bond acceptors (Lipinski definition) is 5. The van der Waals surface area contributed by atoms with Gasteiger partial charge >= 0.3 is 0 Å². The molecule has 2 saturated carbocycles. The van der Waals surface area contributed by atoms with Crippen LogP contribution in [0.3, 0.4) is 0 Å². The largest absolute Gasteiger partial charge is 0.508 e. The number of phenols is 2. The Kier molecular flexibility index (Phi) is 10.0. The third-order valence-corrected chi connectivity index (χ3v) is 8.47. The summed E-state index contributed by atoms with van der Waals surface area (Å²) in [4.78, 5) is 26.6. The quantitative estimate of drug-likeness (QED) is 0.307. The Hall–Kier alpha value is -3.60. The fraction of sp³-hybridized carbons (Fsp3) is 0.429. The van der Waals surface area contributed by atoms with Crippen LogP contribution < -0.4 is 4.90 Å². The molecule has 2 N–H and O–H groups in total. The molecule has 5 nitrogen and oxygen atoms in total. The number of aromatic hydroxyl groups is 2. The van der Waals surface area contributed by atoms with Gasteiger partial charge in [-0.05, 0) is 80.8 Å². The number of carbonyl (C=O) groups excluding carboxylic acids is 2. The molecule has 0 amide bonds. The summed E-state index contributed by atoms with van der Waals surface area (Å²) in [6.45, 7) is 1.57. The third-order valence-electron chi connectivity index (χ3n) is 8.47. The number of hydrogen-bond donors (Lipinski definition) is 2. The van der Waals surface area contributed by atoms with Gasteiger partial charge in [0.15, 0.2) is 11.6 Å². The highest BCUT2D eigenvalue weighted by molar-refractivity contribution is 6.11. The summed E-state index contributed by atoms with van der Waals surface area (Å²) in [6.07, 6.45) is 11.1. The lowest BCUT2D eigenvalue weighted by atomic mass is 9.77. The van der Waals surface area contributed by atoms with Crippen molar-refractivity contribution >= 4 is 17.3 Å². The van der Waals surface area contributed by atoms with E-state index in [9.17, 15) is 19.8 Å². The summed E-state index contributed by atoms with van der Waals surface area (Å²) in [5.41, 5.74) is 4.71. The van der Waals surface area contributed by atoms with Gasteiger partial charge in [-0.1, -0.05) is 62.8 Å². The van der Waals surface area contributed by atoms with Gasteiger partial charge in [0.2, 0.25) is 0 Å². The second-order valence-corrected chi connectivity index (χ2v) is 11.5. The maximum atomic E-state index is 13.7. The van der Waals surface area contributed by atoms with E-state index >= 15 is 0 Å². The first-order valence-corrected chi connectivity index (χ1v) is 14.7. The Morgan fingerprint density at radius 2 is 1.07 bits per heavy atom. The molecule has 2 aliphatic rings. The molecule has 0 heterocycles. The fourth-order valence-corrected chi connectivity index (χ4v) is 6.28. The Bertz CT molecular complexity index is 1230. The van der Waals surface area contributed by atoms with Crippen molar-refractivity contribution in [3.63, 3.8) is 0 Å². The second-order valence-electron chi connectivity index (χ2n) is 11.5. The van der Waals surface area contributed by atoms with Crippen LogP contribution in [0.15, 0.2) is 60.7 Å². The van der Waals surface area contributed by atoms with Crippen molar-refractivity contribution in [3.8, 4) is 11.5 Å². The van der Waals surface area contributed by atoms with Crippen LogP contribution >= 0.6 is 0 Å². The Morgan fingerprint density at radius 1 is 0.650 bits per heavy atom. The van der Waals surface area contributed by atoms with Crippen LogP contribution in [0.25, 0.3) is 0 Å². The molecule has 3 aromatic carbocycles. The monoisotopic (exact) mass is 541 g/mol. The van der Waals surface area contributed by atoms with E-state index in [0.29, 0.717) is 11.1 Å². The highest BCUT2D eigenvalue weighted by Gasteiger charge is 2.29. The van der Waals surface area contributed by atoms with Crippen LogP contribution in [0, 0.1) is 0 Å². The van der Waals surface area contributed by atoms with Crippen molar-refractivity contribution in [3.05, 3.63) is 88.5 Å². The van der Waals surface area contributed by atoms with Crippen molar-refractivity contribution in [1.82, 2.24) is 0 Å². The van der Waals surface area contributed by atoms with Crippen molar-refractivity contribution in [1.29, 1.82) is 0 Å². The number of nitrogens with zero attached hydrogens (tertiary/aromatic N) is 1. The zero-order valence-electron chi connectivity index (χ0n) is 24.2. The third kappa shape index (κ3) is 6.93. The van der Waals surface area contributed by atoms with Gasteiger partial charge < -0.3 is 15.1 Å². The van der Waals surface area contributed by atoms with Crippen LogP contribution in [-0.4, -0.2) is 35.9 Å². The fourth-order valence-electron chi connectivity index (χ4n) is 6.28. The van der Waals surface area contributed by atoms with E-state index in [2.05, 4.69) is 0 Å². The number of benzene rings is 3. The maximum absolute atomic E-state index is 13.7. The van der Waals surface area contributed by atoms with E-state index < -0.39 is 0 Å². The molecule has 5 rings (SSSR count). The molecule has 40 heavy (non-hydrogen) atoms. The predicted octanol–water partition coefficient (Wildman–Crippen LogP) is 8.38. The predicted molar refractivity (Wildman–Crippen MR) is 162 cm³/mol. The van der Waals surface area contributed by atoms with E-state index in [1.807, 2.05) is 55.4 Å². The molecule has 0 radical (unpaired) electrons. The molecule has 0 atom stereocenters. The molecule has 0 spiro atoms. The van der Waals surface area contributed by atoms with Crippen LogP contribution in [0.4, 0.5) is 5.69 Å². The zero-order valence-corrected chi connectivity index (χ0v) is 24.2. The van der Waals surface area contributed by atoms with Crippen molar-refractivity contribution in [2.75, 3.05) is 19.0 Å². The molecule has 0 saturated heterocycles. The first-order valence-electron chi connectivity index (χ1n) is 14.7. The lowest BCUT2D eigenvalue weighted by Crippen LogP contribution is -2.15. The Labute approximate surface area is 238 Å². The van der Waals surface area contributed by atoms with E-state index in [1.54, 1.807) is 31.2 Å². The van der Waals surface area contributed by atoms with Crippen LogP contribution in [0.1, 0.15) is 120 Å². The molecule has 212 valence electrons. The van der Waals surface area contributed by atoms with Gasteiger partial charge in [-0.2, -0.15) is 0 Å². The van der Waals surface area contributed by atoms with E-state index in [1.165, 1.54) is 12.8 Å². The van der Waals surface area contributed by atoms with Crippen LogP contribution in [-0.2, 0) is 0 Å². The average molecular weight is 542 g/mol. The summed E-state index contributed by atoms with van der Waals surface area (Å²) in [7, 11) is 3.95. The normalized spacial score (nSPS) is 16.1. The number of Topliss-reactive ketones (excluding diaryl/α,β-unsaturated/α-hetero) is 1. The summed E-state index contributed by atoms with van der Waals surface area (Å²) in [5.74, 6) is 0.996. The summed E-state index contributed by atoms with van der Waals surface area (Å²) >= 11 is 0. The topological polar surface area (TPSA) is 77.8 Å². The maximum Gasteiger partial charge on any atom is 0.193 e. The van der Waals surface area contributed by atoms with Gasteiger partial charge in [0.05, 0.1) is 0 Å². The molecular formula is C35H43NO4. The first kappa shape index (κ1) is 29.4. The van der Waals surface area contributed by atoms with Gasteiger partial charge in [-0.3, -0.25) is 9.59 Å². The molecule has 2 aliphatic carbocycles. The van der Waals surface area contributed by atoms with Crippen LogP contribution in [0.5, 0.6) is 11.5 Å². The number of carbonyl (C=O) groups is 2. The number of rotatable bonds is 6. The van der Waals surface area contributed by atoms with Crippen molar-refractivity contribution < 1.29 is 19.8 Å². The molecule has 0 aromatic heterocycles. The SMILES string of the molecule is CC(=O)c1ccc(N(C)C)cc1.O=C(c1cccc(O)c1C1CCCCC1)c1cccc(O)c1C1CCCCC1. The molecule has 0 bridgehead atoms. The first-order chi connectivity index (χ1) is 19.3. The second kappa shape index (κ2) is 13.6. The van der Waals surface area contributed by atoms with Crippen LogP contribution in [0.2, 0.25) is 0 Å². The summed E-state index contributed by atoms with van der Waals surface area (Å²) in [6, 6.07) is 18.2. The number of phenolic OH excluding ortho intramolecular Hbond substituents is 2. The Balaban J connectivity index is 0.000000259. The molecule has 3 aromatic rings. The average Bonchev–Trinajstić information content (AvgIpc) is 2.97. The minimum atomic E-state index is -0.0621. The zero-order chi connectivity index (χ0) is 28.6. The lowest BCUT2D eigenvalue weighted by molar-refractivity contribution is 0.101. The Morgan fingerprint density at radius 3 is 1.45 bits per heavy atom. The summed E-state index contributed by atoms with van der Waals surface area (Å²) in [5, 5.41) is 21.2. The number of ketones is 2. The molecule has 0 aliphatic heterocycles. The smallest absolute Gasteiger partial charge is 0.193 e. The number of anilines is 1. The summed E-state index contributed by atoms with van der Waals surface area (Å²) < 4.78 is 0. The molecule has 5 heteroatoms. The standard InChI is InChI=1S/C25H30O3.C10H13NO/c26-21-15-7-13-19(23(21)17-9-3-1-4-10-17)25(28)20-14-8-16-22(27)24(20)18-11-5-2-6-12-18;1-8(12)9-4-6-10(7-5-9)11(2)3/h7-8,13-18,26-27H,1-6,9-12H2;4-7H,1-3H3. The van der Waals surface area contributed by atoms with E-state index in [4.69, 9.17) is 0 Å². The van der Waals surface area contributed by atoms with Crippen molar-refractivity contribution in [2.24, 2.45) is 0 Å². The van der Waals surface area contributed by atoms with Gasteiger partial charge in [-0.25, -0.2) is 0 Å². The van der Waals surface area contributed by atoms with E-state index in [0.717, 1.165) is 73.7 Å². The molecule has 2 fully saturated rings. The molecular weight excluding hydrogens is 498 g/mol. The highest BCUT2D eigenvalue weighted by atomic mass is 16.3.